The molecule has 0 aromatic carbocycles. The van der Waals surface area contributed by atoms with Gasteiger partial charge in [-0.25, -0.2) is 0 Å². The third-order valence-electron chi connectivity index (χ3n) is 2.22. The number of hydrogen-bond acceptors (Lipinski definition) is 2. The van der Waals surface area contributed by atoms with E-state index in [9.17, 15) is 4.79 Å². The van der Waals surface area contributed by atoms with Crippen LogP contribution in [0.15, 0.2) is 4.79 Å². The first-order valence-electron chi connectivity index (χ1n) is 4.56. The Balaban J connectivity index is 2.37. The molecule has 0 fully saturated rings. The molecule has 0 saturated carbocycles. The van der Waals surface area contributed by atoms with Gasteiger partial charge in [-0.1, -0.05) is 13.8 Å². The van der Waals surface area contributed by atoms with Crippen LogP contribution in [-0.2, 0) is 18.1 Å². The second-order valence-electron chi connectivity index (χ2n) is 3.86. The molecular weight excluding hydrogens is 184 g/mol. The summed E-state index contributed by atoms with van der Waals surface area (Å²) in [6.07, 6.45) is 0. The molecule has 2 rings (SSSR count). The largest absolute Gasteiger partial charge is 0.288 e. The molecule has 4 heteroatoms. The summed E-state index contributed by atoms with van der Waals surface area (Å²) < 4.78 is 2.02. The van der Waals surface area contributed by atoms with E-state index in [0.29, 0.717) is 5.92 Å². The van der Waals surface area contributed by atoms with Gasteiger partial charge >= 0.3 is 0 Å². The predicted molar refractivity (Wildman–Crippen MR) is 54.9 cm³/mol. The molecule has 0 unspecified atom stereocenters. The van der Waals surface area contributed by atoms with Gasteiger partial charge in [0.05, 0.1) is 11.3 Å². The van der Waals surface area contributed by atoms with Crippen LogP contribution in [0.1, 0.15) is 25.1 Å². The molecule has 0 saturated heterocycles. The van der Waals surface area contributed by atoms with Crippen molar-refractivity contribution in [3.63, 3.8) is 0 Å². The highest BCUT2D eigenvalue weighted by Crippen LogP contribution is 2.27. The summed E-state index contributed by atoms with van der Waals surface area (Å²) >= 11 is 1.82. The first kappa shape index (κ1) is 8.94. The van der Waals surface area contributed by atoms with Crippen molar-refractivity contribution in [1.29, 1.82) is 0 Å². The Kier molecular flexibility index (Phi) is 2.24. The molecule has 0 radical (unpaired) electrons. The first-order valence-corrected chi connectivity index (χ1v) is 5.72. The van der Waals surface area contributed by atoms with Gasteiger partial charge in [0, 0.05) is 18.1 Å². The van der Waals surface area contributed by atoms with Crippen LogP contribution >= 0.6 is 11.8 Å². The Bertz CT molecular complexity index is 364. The summed E-state index contributed by atoms with van der Waals surface area (Å²) in [5, 5.41) is 2.89. The van der Waals surface area contributed by atoms with Crippen LogP contribution in [0.25, 0.3) is 0 Å². The molecule has 0 atom stereocenters. The Morgan fingerprint density at radius 1 is 1.54 bits per heavy atom. The number of H-pyrrole nitrogens is 1. The molecule has 72 valence electrons. The van der Waals surface area contributed by atoms with Gasteiger partial charge in [0.15, 0.2) is 0 Å². The van der Waals surface area contributed by atoms with Crippen molar-refractivity contribution in [1.82, 2.24) is 9.78 Å². The van der Waals surface area contributed by atoms with E-state index in [1.165, 1.54) is 5.69 Å². The Morgan fingerprint density at radius 3 is 3.00 bits per heavy atom. The maximum absolute atomic E-state index is 11.4. The van der Waals surface area contributed by atoms with Crippen LogP contribution in [0, 0.1) is 5.92 Å². The van der Waals surface area contributed by atoms with Gasteiger partial charge in [0.1, 0.15) is 0 Å². The third kappa shape index (κ3) is 1.55. The average molecular weight is 198 g/mol. The zero-order valence-electron chi connectivity index (χ0n) is 7.96. The molecule has 0 spiro atoms. The molecule has 1 aliphatic heterocycles. The van der Waals surface area contributed by atoms with Gasteiger partial charge < -0.3 is 0 Å². The standard InChI is InChI=1S/C9H14N2OS/c1-6(2)3-11-8-5-13-4-7(8)9(12)10-11/h6H,3-5H2,1-2H3,(H,10,12). The minimum atomic E-state index is 0.112. The van der Waals surface area contributed by atoms with Crippen LogP contribution in [0.5, 0.6) is 0 Å². The normalized spacial score (nSPS) is 15.3. The second kappa shape index (κ2) is 3.25. The number of nitrogens with zero attached hydrogens (tertiary/aromatic N) is 1. The Hall–Kier alpha value is -0.640. The number of thioether (sulfide) groups is 1. The molecule has 1 aromatic heterocycles. The number of hydrogen-bond donors (Lipinski definition) is 1. The number of aromatic nitrogens is 2. The molecule has 3 nitrogen and oxygen atoms in total. The maximum Gasteiger partial charge on any atom is 0.268 e. The minimum absolute atomic E-state index is 0.112. The summed E-state index contributed by atoms with van der Waals surface area (Å²) in [7, 11) is 0. The van der Waals surface area contributed by atoms with Crippen molar-refractivity contribution < 1.29 is 0 Å². The molecule has 1 aliphatic rings. The number of nitrogens with one attached hydrogen (secondary N) is 1. The SMILES string of the molecule is CC(C)Cn1[nH]c(=O)c2c1CSC2. The second-order valence-corrected chi connectivity index (χ2v) is 4.85. The van der Waals surface area contributed by atoms with Crippen LogP contribution in [0.4, 0.5) is 0 Å². The minimum Gasteiger partial charge on any atom is -0.288 e. The van der Waals surface area contributed by atoms with E-state index in [0.717, 1.165) is 23.6 Å². The Morgan fingerprint density at radius 2 is 2.31 bits per heavy atom. The first-order chi connectivity index (χ1) is 6.18. The number of aromatic amines is 1. The van der Waals surface area contributed by atoms with Crippen molar-refractivity contribution in [2.75, 3.05) is 0 Å². The summed E-state index contributed by atoms with van der Waals surface area (Å²) in [5.41, 5.74) is 2.31. The van der Waals surface area contributed by atoms with E-state index in [-0.39, 0.29) is 5.56 Å². The van der Waals surface area contributed by atoms with Crippen molar-refractivity contribution in [3.05, 3.63) is 21.6 Å². The van der Waals surface area contributed by atoms with E-state index in [2.05, 4.69) is 18.9 Å². The zero-order valence-corrected chi connectivity index (χ0v) is 8.78. The molecule has 0 bridgehead atoms. The van der Waals surface area contributed by atoms with Gasteiger partial charge in [0.2, 0.25) is 0 Å². The van der Waals surface area contributed by atoms with E-state index >= 15 is 0 Å². The van der Waals surface area contributed by atoms with E-state index < -0.39 is 0 Å². The predicted octanol–water partition coefficient (Wildman–Crippen LogP) is 1.58. The lowest BCUT2D eigenvalue weighted by molar-refractivity contribution is 0.471. The van der Waals surface area contributed by atoms with Crippen molar-refractivity contribution >= 4 is 11.8 Å². The molecule has 1 N–H and O–H groups in total. The fourth-order valence-electron chi connectivity index (χ4n) is 1.64. The highest BCUT2D eigenvalue weighted by Gasteiger charge is 2.20. The monoisotopic (exact) mass is 198 g/mol. The molecule has 1 aromatic rings. The van der Waals surface area contributed by atoms with E-state index in [1.54, 1.807) is 0 Å². The molecular formula is C9H14N2OS. The molecule has 0 amide bonds. The molecule has 2 heterocycles. The molecule has 0 aliphatic carbocycles. The molecule has 13 heavy (non-hydrogen) atoms. The fourth-order valence-corrected chi connectivity index (χ4v) is 2.76. The smallest absolute Gasteiger partial charge is 0.268 e. The average Bonchev–Trinajstić information content (AvgIpc) is 2.56. The lowest BCUT2D eigenvalue weighted by Crippen LogP contribution is -2.11. The zero-order chi connectivity index (χ0) is 9.42. The van der Waals surface area contributed by atoms with E-state index in [1.807, 2.05) is 16.4 Å². The van der Waals surface area contributed by atoms with Gasteiger partial charge in [-0.05, 0) is 5.92 Å². The summed E-state index contributed by atoms with van der Waals surface area (Å²) in [4.78, 5) is 11.4. The van der Waals surface area contributed by atoms with Crippen LogP contribution in [-0.4, -0.2) is 9.78 Å². The lowest BCUT2D eigenvalue weighted by Gasteiger charge is -2.08. The van der Waals surface area contributed by atoms with Gasteiger partial charge in [-0.3, -0.25) is 14.6 Å². The van der Waals surface area contributed by atoms with Crippen molar-refractivity contribution in [3.8, 4) is 0 Å². The maximum atomic E-state index is 11.4. The van der Waals surface area contributed by atoms with Crippen LogP contribution in [0.3, 0.4) is 0 Å². The van der Waals surface area contributed by atoms with Gasteiger partial charge in [-0.2, -0.15) is 11.8 Å². The van der Waals surface area contributed by atoms with Gasteiger partial charge in [-0.15, -0.1) is 0 Å². The summed E-state index contributed by atoms with van der Waals surface area (Å²) in [6, 6.07) is 0. The number of rotatable bonds is 2. The Labute approximate surface area is 81.5 Å². The fraction of sp³-hybridized carbons (Fsp3) is 0.667. The van der Waals surface area contributed by atoms with Crippen LogP contribution < -0.4 is 5.56 Å². The van der Waals surface area contributed by atoms with Crippen LogP contribution in [0.2, 0.25) is 0 Å². The lowest BCUT2D eigenvalue weighted by atomic mass is 10.2. The topological polar surface area (TPSA) is 37.8 Å². The third-order valence-corrected chi connectivity index (χ3v) is 3.19. The number of fused-ring (bicyclic) bond motifs is 1. The van der Waals surface area contributed by atoms with Crippen molar-refractivity contribution in [2.24, 2.45) is 5.92 Å². The quantitative estimate of drug-likeness (QED) is 0.783. The van der Waals surface area contributed by atoms with Crippen molar-refractivity contribution in [2.45, 2.75) is 31.9 Å². The highest BCUT2D eigenvalue weighted by molar-refractivity contribution is 7.98. The highest BCUT2D eigenvalue weighted by atomic mass is 32.2. The summed E-state index contributed by atoms with van der Waals surface area (Å²) in [5.74, 6) is 2.45. The van der Waals surface area contributed by atoms with Gasteiger partial charge in [0.25, 0.3) is 5.56 Å². The summed E-state index contributed by atoms with van der Waals surface area (Å²) in [6.45, 7) is 5.24. The van der Waals surface area contributed by atoms with E-state index in [4.69, 9.17) is 0 Å².